The minimum atomic E-state index is -1.89. The molecule has 0 aromatic heterocycles. The van der Waals surface area contributed by atoms with Crippen LogP contribution in [0.15, 0.2) is 0 Å². The zero-order chi connectivity index (χ0) is 9.47. The molecule has 0 spiro atoms. The highest BCUT2D eigenvalue weighted by Crippen LogP contribution is 2.46. The number of rotatable bonds is 3. The van der Waals surface area contributed by atoms with Crippen LogP contribution >= 0.6 is 0 Å². The second kappa shape index (κ2) is 3.35. The van der Waals surface area contributed by atoms with E-state index < -0.39 is 8.56 Å². The molecule has 1 saturated carbocycles. The summed E-state index contributed by atoms with van der Waals surface area (Å²) in [5.74, 6) is 0. The predicted octanol–water partition coefficient (Wildman–Crippen LogP) is 1.67. The van der Waals surface area contributed by atoms with Crippen molar-refractivity contribution in [1.82, 2.24) is 0 Å². The van der Waals surface area contributed by atoms with Crippen LogP contribution in [0.2, 0.25) is 12.1 Å². The molecule has 2 aliphatic rings. The van der Waals surface area contributed by atoms with Gasteiger partial charge in [0, 0.05) is 19.8 Å². The molecule has 3 nitrogen and oxygen atoms in total. The molecule has 0 aromatic carbocycles. The van der Waals surface area contributed by atoms with Crippen LogP contribution in [0.5, 0.6) is 0 Å². The largest absolute Gasteiger partial charge is 0.398 e. The van der Waals surface area contributed by atoms with Crippen molar-refractivity contribution >= 4 is 8.56 Å². The lowest BCUT2D eigenvalue weighted by atomic mass is 10.0. The smallest absolute Gasteiger partial charge is 0.337 e. The van der Waals surface area contributed by atoms with Crippen LogP contribution in [0.25, 0.3) is 0 Å². The topological polar surface area (TPSA) is 31.0 Å². The summed E-state index contributed by atoms with van der Waals surface area (Å²) >= 11 is 0. The molecule has 76 valence electrons. The van der Waals surface area contributed by atoms with E-state index in [1.165, 1.54) is 12.8 Å². The van der Waals surface area contributed by atoms with Gasteiger partial charge < -0.3 is 13.6 Å². The van der Waals surface area contributed by atoms with Gasteiger partial charge in [-0.25, -0.2) is 0 Å². The van der Waals surface area contributed by atoms with Gasteiger partial charge in [0.05, 0.1) is 12.2 Å². The average Bonchev–Trinajstić information content (AvgIpc) is 2.94. The van der Waals surface area contributed by atoms with E-state index in [2.05, 4.69) is 6.55 Å². The lowest BCUT2D eigenvalue weighted by Gasteiger charge is -2.33. The number of fused-ring (bicyclic) bond motifs is 1. The molecule has 1 aliphatic carbocycles. The standard InChI is InChI=1S/C9H18O3Si/c1-10-13(3,11-2)7-4-5-8-9(6-7)12-8/h7-9H,4-6H2,1-3H3. The molecule has 1 heterocycles. The minimum Gasteiger partial charge on any atom is -0.398 e. The van der Waals surface area contributed by atoms with Crippen molar-refractivity contribution in [3.63, 3.8) is 0 Å². The minimum absolute atomic E-state index is 0.524. The third-order valence-electron chi connectivity index (χ3n) is 3.56. The molecule has 0 aromatic rings. The molecule has 1 saturated heterocycles. The number of hydrogen-bond acceptors (Lipinski definition) is 3. The Labute approximate surface area is 80.6 Å². The molecule has 0 amide bonds. The fourth-order valence-electron chi connectivity index (χ4n) is 2.30. The van der Waals surface area contributed by atoms with Gasteiger partial charge in [-0.1, -0.05) is 0 Å². The van der Waals surface area contributed by atoms with Crippen molar-refractivity contribution in [1.29, 1.82) is 0 Å². The maximum Gasteiger partial charge on any atom is 0.337 e. The zero-order valence-electron chi connectivity index (χ0n) is 8.58. The van der Waals surface area contributed by atoms with Crippen molar-refractivity contribution in [3.05, 3.63) is 0 Å². The first-order valence-electron chi connectivity index (χ1n) is 4.95. The third-order valence-corrected chi connectivity index (χ3v) is 7.19. The van der Waals surface area contributed by atoms with Gasteiger partial charge in [-0.15, -0.1) is 0 Å². The molecular weight excluding hydrogens is 184 g/mol. The quantitative estimate of drug-likeness (QED) is 0.515. The van der Waals surface area contributed by atoms with E-state index >= 15 is 0 Å². The Balaban J connectivity index is 1.97. The molecule has 3 atom stereocenters. The van der Waals surface area contributed by atoms with Crippen LogP contribution < -0.4 is 0 Å². The predicted molar refractivity (Wildman–Crippen MR) is 51.9 cm³/mol. The summed E-state index contributed by atoms with van der Waals surface area (Å²) in [5, 5.41) is 0. The Bertz CT molecular complexity index is 193. The highest BCUT2D eigenvalue weighted by atomic mass is 28.4. The van der Waals surface area contributed by atoms with Crippen molar-refractivity contribution in [2.75, 3.05) is 14.2 Å². The molecule has 13 heavy (non-hydrogen) atoms. The molecule has 0 N–H and O–H groups in total. The van der Waals surface area contributed by atoms with E-state index in [4.69, 9.17) is 13.6 Å². The number of hydrogen-bond donors (Lipinski definition) is 0. The molecule has 0 radical (unpaired) electrons. The van der Waals surface area contributed by atoms with Gasteiger partial charge >= 0.3 is 8.56 Å². The Hall–Kier alpha value is 0.0969. The normalized spacial score (nSPS) is 38.5. The molecule has 1 aliphatic heterocycles. The maximum absolute atomic E-state index is 5.55. The Morgan fingerprint density at radius 1 is 1.15 bits per heavy atom. The summed E-state index contributed by atoms with van der Waals surface area (Å²) in [5.41, 5.74) is 0.617. The highest BCUT2D eigenvalue weighted by molar-refractivity contribution is 6.67. The summed E-state index contributed by atoms with van der Waals surface area (Å²) in [6.07, 6.45) is 4.66. The van der Waals surface area contributed by atoms with Gasteiger partial charge in [-0.2, -0.15) is 0 Å². The Morgan fingerprint density at radius 2 is 1.85 bits per heavy atom. The third kappa shape index (κ3) is 1.68. The first-order chi connectivity index (χ1) is 6.19. The van der Waals surface area contributed by atoms with Crippen molar-refractivity contribution < 1.29 is 13.6 Å². The fourth-order valence-corrected chi connectivity index (χ4v) is 4.48. The number of ether oxygens (including phenoxy) is 1. The first kappa shape index (κ1) is 9.64. The average molecular weight is 202 g/mol. The van der Waals surface area contributed by atoms with E-state index in [0.717, 1.165) is 6.42 Å². The van der Waals surface area contributed by atoms with Gasteiger partial charge in [0.1, 0.15) is 0 Å². The summed E-state index contributed by atoms with van der Waals surface area (Å²) < 4.78 is 16.6. The van der Waals surface area contributed by atoms with Crippen molar-refractivity contribution in [2.45, 2.75) is 43.6 Å². The maximum atomic E-state index is 5.55. The number of epoxide rings is 1. The highest BCUT2D eigenvalue weighted by Gasteiger charge is 2.51. The zero-order valence-corrected chi connectivity index (χ0v) is 9.58. The SMILES string of the molecule is CO[Si](C)(OC)C1CCC2OC2C1. The van der Waals surface area contributed by atoms with E-state index in [1.54, 1.807) is 14.2 Å². The fraction of sp³-hybridized carbons (Fsp3) is 1.00. The van der Waals surface area contributed by atoms with Crippen molar-refractivity contribution in [2.24, 2.45) is 0 Å². The van der Waals surface area contributed by atoms with E-state index in [0.29, 0.717) is 17.7 Å². The molecule has 0 bridgehead atoms. The van der Waals surface area contributed by atoms with Gasteiger partial charge in [0.15, 0.2) is 0 Å². The monoisotopic (exact) mass is 202 g/mol. The Morgan fingerprint density at radius 3 is 2.38 bits per heavy atom. The van der Waals surface area contributed by atoms with Crippen molar-refractivity contribution in [3.8, 4) is 0 Å². The van der Waals surface area contributed by atoms with Crippen LogP contribution in [0, 0.1) is 0 Å². The lowest BCUT2D eigenvalue weighted by molar-refractivity contribution is 0.227. The second-order valence-electron chi connectivity index (χ2n) is 4.15. The lowest BCUT2D eigenvalue weighted by Crippen LogP contribution is -2.43. The van der Waals surface area contributed by atoms with Gasteiger partial charge in [0.2, 0.25) is 0 Å². The second-order valence-corrected chi connectivity index (χ2v) is 7.81. The van der Waals surface area contributed by atoms with Crippen LogP contribution in [0.4, 0.5) is 0 Å². The summed E-state index contributed by atoms with van der Waals surface area (Å²) in [6.45, 7) is 2.15. The molecule has 2 rings (SSSR count). The van der Waals surface area contributed by atoms with Crippen LogP contribution in [-0.2, 0) is 13.6 Å². The van der Waals surface area contributed by atoms with E-state index in [1.807, 2.05) is 0 Å². The first-order valence-corrected chi connectivity index (χ1v) is 7.34. The van der Waals surface area contributed by atoms with Crippen LogP contribution in [0.3, 0.4) is 0 Å². The molecular formula is C9H18O3Si. The van der Waals surface area contributed by atoms with Gasteiger partial charge in [0.25, 0.3) is 0 Å². The van der Waals surface area contributed by atoms with E-state index in [-0.39, 0.29) is 0 Å². The molecule has 4 heteroatoms. The summed E-state index contributed by atoms with van der Waals surface area (Å²) in [7, 11) is 1.66. The summed E-state index contributed by atoms with van der Waals surface area (Å²) in [6, 6.07) is 0. The van der Waals surface area contributed by atoms with Crippen LogP contribution in [0.1, 0.15) is 19.3 Å². The molecule has 3 unspecified atom stereocenters. The Kier molecular flexibility index (Phi) is 2.48. The van der Waals surface area contributed by atoms with Gasteiger partial charge in [-0.05, 0) is 25.8 Å². The summed E-state index contributed by atoms with van der Waals surface area (Å²) in [4.78, 5) is 0. The van der Waals surface area contributed by atoms with E-state index in [9.17, 15) is 0 Å². The van der Waals surface area contributed by atoms with Gasteiger partial charge in [-0.3, -0.25) is 0 Å². The molecule has 2 fully saturated rings. The van der Waals surface area contributed by atoms with Crippen LogP contribution in [-0.4, -0.2) is 35.0 Å².